The van der Waals surface area contributed by atoms with Gasteiger partial charge in [0.15, 0.2) is 0 Å². The number of rotatable bonds is 5. The molecule has 26 heavy (non-hydrogen) atoms. The third-order valence-electron chi connectivity index (χ3n) is 4.42. The number of nitrogens with zero attached hydrogens (tertiary/aromatic N) is 1. The van der Waals surface area contributed by atoms with Crippen molar-refractivity contribution < 1.29 is 14.3 Å². The van der Waals surface area contributed by atoms with Crippen molar-refractivity contribution in [3.63, 3.8) is 0 Å². The molecule has 1 saturated heterocycles. The van der Waals surface area contributed by atoms with Gasteiger partial charge >= 0.3 is 0 Å². The number of nitrogens with one attached hydrogen (secondary N) is 2. The number of ether oxygens (including phenoxy) is 1. The first-order valence-corrected chi connectivity index (χ1v) is 8.63. The number of amides is 2. The monoisotopic (exact) mass is 353 g/mol. The highest BCUT2D eigenvalue weighted by Gasteiger charge is 2.26. The smallest absolute Gasteiger partial charge is 0.251 e. The summed E-state index contributed by atoms with van der Waals surface area (Å²) in [6, 6.07) is 14.9. The lowest BCUT2D eigenvalue weighted by molar-refractivity contribution is -0.114. The molecule has 1 aliphatic heterocycles. The first kappa shape index (κ1) is 17.8. The zero-order valence-electron chi connectivity index (χ0n) is 15.0. The van der Waals surface area contributed by atoms with E-state index in [0.717, 1.165) is 30.9 Å². The van der Waals surface area contributed by atoms with Crippen molar-refractivity contribution >= 4 is 23.2 Å². The molecule has 0 radical (unpaired) electrons. The van der Waals surface area contributed by atoms with Gasteiger partial charge in [0.05, 0.1) is 12.8 Å². The zero-order chi connectivity index (χ0) is 18.5. The average molecular weight is 353 g/mol. The van der Waals surface area contributed by atoms with Crippen LogP contribution in [-0.2, 0) is 4.79 Å². The summed E-state index contributed by atoms with van der Waals surface area (Å²) in [5.41, 5.74) is 2.30. The standard InChI is InChI=1S/C20H23N3O3/c1-14(24)21-16-9-7-15(8-10-16)20(25)22-17-11-12-23(13-17)18-5-3-4-6-19(18)26-2/h3-10,17H,11-13H2,1-2H3,(H,21,24)(H,22,25). The van der Waals surface area contributed by atoms with Crippen LogP contribution < -0.4 is 20.3 Å². The van der Waals surface area contributed by atoms with Crippen molar-refractivity contribution in [2.24, 2.45) is 0 Å². The molecule has 6 nitrogen and oxygen atoms in total. The lowest BCUT2D eigenvalue weighted by Crippen LogP contribution is -2.37. The van der Waals surface area contributed by atoms with Gasteiger partial charge in [0, 0.05) is 37.3 Å². The van der Waals surface area contributed by atoms with Crippen LogP contribution in [0.4, 0.5) is 11.4 Å². The summed E-state index contributed by atoms with van der Waals surface area (Å²) in [6.07, 6.45) is 0.883. The Kier molecular flexibility index (Phi) is 5.41. The van der Waals surface area contributed by atoms with Gasteiger partial charge in [-0.15, -0.1) is 0 Å². The van der Waals surface area contributed by atoms with Gasteiger partial charge in [-0.3, -0.25) is 9.59 Å². The van der Waals surface area contributed by atoms with Crippen LogP contribution in [0.1, 0.15) is 23.7 Å². The van der Waals surface area contributed by atoms with Crippen molar-refractivity contribution in [3.05, 3.63) is 54.1 Å². The SMILES string of the molecule is COc1ccccc1N1CCC(NC(=O)c2ccc(NC(C)=O)cc2)C1. The summed E-state index contributed by atoms with van der Waals surface area (Å²) < 4.78 is 5.42. The fourth-order valence-electron chi connectivity index (χ4n) is 3.16. The van der Waals surface area contributed by atoms with Gasteiger partial charge in [-0.05, 0) is 42.8 Å². The molecule has 1 fully saturated rings. The summed E-state index contributed by atoms with van der Waals surface area (Å²) in [6.45, 7) is 3.07. The van der Waals surface area contributed by atoms with Crippen LogP contribution in [0.2, 0.25) is 0 Å². The van der Waals surface area contributed by atoms with Crippen molar-refractivity contribution in [2.45, 2.75) is 19.4 Å². The molecule has 1 atom stereocenters. The Hall–Kier alpha value is -3.02. The Morgan fingerprint density at radius 1 is 1.12 bits per heavy atom. The highest BCUT2D eigenvalue weighted by Crippen LogP contribution is 2.30. The normalized spacial score (nSPS) is 16.2. The molecule has 6 heteroatoms. The molecule has 0 saturated carbocycles. The van der Waals surface area contributed by atoms with E-state index < -0.39 is 0 Å². The van der Waals surface area contributed by atoms with Crippen molar-refractivity contribution in [3.8, 4) is 5.75 Å². The van der Waals surface area contributed by atoms with E-state index in [9.17, 15) is 9.59 Å². The maximum absolute atomic E-state index is 12.5. The van der Waals surface area contributed by atoms with Crippen LogP contribution >= 0.6 is 0 Å². The second-order valence-corrected chi connectivity index (χ2v) is 6.34. The number of carbonyl (C=O) groups is 2. The lowest BCUT2D eigenvalue weighted by Gasteiger charge is -2.21. The van der Waals surface area contributed by atoms with E-state index in [1.807, 2.05) is 24.3 Å². The summed E-state index contributed by atoms with van der Waals surface area (Å²) in [5.74, 6) is 0.601. The average Bonchev–Trinajstić information content (AvgIpc) is 3.10. The molecular weight excluding hydrogens is 330 g/mol. The van der Waals surface area contributed by atoms with Gasteiger partial charge in [0.2, 0.25) is 5.91 Å². The molecule has 2 aromatic carbocycles. The summed E-state index contributed by atoms with van der Waals surface area (Å²) >= 11 is 0. The molecule has 0 aromatic heterocycles. The fraction of sp³-hybridized carbons (Fsp3) is 0.300. The number of benzene rings is 2. The Morgan fingerprint density at radius 3 is 2.54 bits per heavy atom. The minimum Gasteiger partial charge on any atom is -0.495 e. The van der Waals surface area contributed by atoms with Crippen molar-refractivity contribution in [1.29, 1.82) is 0 Å². The first-order chi connectivity index (χ1) is 12.6. The van der Waals surface area contributed by atoms with Crippen LogP contribution in [0.25, 0.3) is 0 Å². The minimum absolute atomic E-state index is 0.0856. The Labute approximate surface area is 153 Å². The van der Waals surface area contributed by atoms with Crippen molar-refractivity contribution in [2.75, 3.05) is 30.4 Å². The molecule has 2 N–H and O–H groups in total. The van der Waals surface area contributed by atoms with Crippen LogP contribution in [-0.4, -0.2) is 38.1 Å². The predicted octanol–water partition coefficient (Wildman–Crippen LogP) is 2.66. The molecule has 1 unspecified atom stereocenters. The molecule has 136 valence electrons. The van der Waals surface area contributed by atoms with Gasteiger partial charge < -0.3 is 20.3 Å². The van der Waals surface area contributed by atoms with Gasteiger partial charge in [0.25, 0.3) is 5.91 Å². The molecule has 0 spiro atoms. The van der Waals surface area contributed by atoms with Crippen LogP contribution in [0, 0.1) is 0 Å². The molecule has 0 aliphatic carbocycles. The third-order valence-corrected chi connectivity index (χ3v) is 4.42. The Morgan fingerprint density at radius 2 is 1.85 bits per heavy atom. The molecule has 1 heterocycles. The summed E-state index contributed by atoms with van der Waals surface area (Å²) in [7, 11) is 1.67. The molecule has 2 amide bonds. The lowest BCUT2D eigenvalue weighted by atomic mass is 10.1. The zero-order valence-corrected chi connectivity index (χ0v) is 15.0. The number of anilines is 2. The third kappa shape index (κ3) is 4.14. The Bertz CT molecular complexity index is 789. The molecule has 0 bridgehead atoms. The number of methoxy groups -OCH3 is 1. The highest BCUT2D eigenvalue weighted by molar-refractivity contribution is 5.95. The summed E-state index contributed by atoms with van der Waals surface area (Å²) in [4.78, 5) is 25.7. The maximum Gasteiger partial charge on any atom is 0.251 e. The molecular formula is C20H23N3O3. The molecule has 3 rings (SSSR count). The number of hydrogen-bond donors (Lipinski definition) is 2. The van der Waals surface area contributed by atoms with E-state index in [-0.39, 0.29) is 17.9 Å². The second-order valence-electron chi connectivity index (χ2n) is 6.34. The number of carbonyl (C=O) groups excluding carboxylic acids is 2. The molecule has 2 aromatic rings. The topological polar surface area (TPSA) is 70.7 Å². The minimum atomic E-state index is -0.135. The van der Waals surface area contributed by atoms with Crippen LogP contribution in [0.5, 0.6) is 5.75 Å². The van der Waals surface area contributed by atoms with Gasteiger partial charge in [-0.25, -0.2) is 0 Å². The van der Waals surface area contributed by atoms with Gasteiger partial charge in [-0.1, -0.05) is 12.1 Å². The second kappa shape index (κ2) is 7.91. The van der Waals surface area contributed by atoms with E-state index in [1.165, 1.54) is 6.92 Å². The van der Waals surface area contributed by atoms with E-state index >= 15 is 0 Å². The first-order valence-electron chi connectivity index (χ1n) is 8.63. The van der Waals surface area contributed by atoms with E-state index in [2.05, 4.69) is 15.5 Å². The maximum atomic E-state index is 12.5. The molecule has 1 aliphatic rings. The highest BCUT2D eigenvalue weighted by atomic mass is 16.5. The van der Waals surface area contributed by atoms with Crippen molar-refractivity contribution in [1.82, 2.24) is 5.32 Å². The Balaban J connectivity index is 1.60. The van der Waals surface area contributed by atoms with Crippen LogP contribution in [0.15, 0.2) is 48.5 Å². The fourth-order valence-corrected chi connectivity index (χ4v) is 3.16. The van der Waals surface area contributed by atoms with Gasteiger partial charge in [0.1, 0.15) is 5.75 Å². The summed E-state index contributed by atoms with van der Waals surface area (Å²) in [5, 5.41) is 5.77. The van der Waals surface area contributed by atoms with Crippen LogP contribution in [0.3, 0.4) is 0 Å². The number of hydrogen-bond acceptors (Lipinski definition) is 4. The quantitative estimate of drug-likeness (QED) is 0.867. The van der Waals surface area contributed by atoms with E-state index in [0.29, 0.717) is 11.3 Å². The predicted molar refractivity (Wildman–Crippen MR) is 102 cm³/mol. The van der Waals surface area contributed by atoms with E-state index in [1.54, 1.807) is 31.4 Å². The largest absolute Gasteiger partial charge is 0.495 e. The van der Waals surface area contributed by atoms with Gasteiger partial charge in [-0.2, -0.15) is 0 Å². The van der Waals surface area contributed by atoms with E-state index in [4.69, 9.17) is 4.74 Å². The number of para-hydroxylation sites is 2.